The number of carbonyl (C=O) groups excluding carboxylic acids is 3. The van der Waals surface area contributed by atoms with Crippen LogP contribution in [0.5, 0.6) is 0 Å². The van der Waals surface area contributed by atoms with Crippen molar-refractivity contribution in [2.75, 3.05) is 10.7 Å². The van der Waals surface area contributed by atoms with Crippen LogP contribution in [0, 0.1) is 13.8 Å². The van der Waals surface area contributed by atoms with Gasteiger partial charge in [-0.25, -0.2) is 9.69 Å². The molecule has 0 aliphatic carbocycles. The second-order valence-electron chi connectivity index (χ2n) is 5.97. The van der Waals surface area contributed by atoms with Crippen molar-refractivity contribution in [3.05, 3.63) is 29.3 Å². The third-order valence-electron chi connectivity index (χ3n) is 3.84. The molecule has 0 bridgehead atoms. The average molecular weight is 364 g/mol. The lowest BCUT2D eigenvalue weighted by Gasteiger charge is -2.18. The molecule has 25 heavy (non-hydrogen) atoms. The summed E-state index contributed by atoms with van der Waals surface area (Å²) in [5.74, 6) is -2.28. The number of carboxylic acid groups (broad SMARTS) is 1. The number of amides is 3. The minimum atomic E-state index is -1.18. The number of anilines is 1. The van der Waals surface area contributed by atoms with E-state index in [-0.39, 0.29) is 24.0 Å². The van der Waals surface area contributed by atoms with Crippen molar-refractivity contribution in [2.45, 2.75) is 38.5 Å². The number of nitrogens with zero attached hydrogens (tertiary/aromatic N) is 1. The average Bonchev–Trinajstić information content (AvgIpc) is 2.78. The van der Waals surface area contributed by atoms with Gasteiger partial charge in [-0.2, -0.15) is 0 Å². The zero-order chi connectivity index (χ0) is 18.7. The van der Waals surface area contributed by atoms with Crippen molar-refractivity contribution in [1.82, 2.24) is 5.32 Å². The number of carboxylic acids is 1. The Bertz CT molecular complexity index is 734. The second kappa shape index (κ2) is 7.69. The van der Waals surface area contributed by atoms with Crippen molar-refractivity contribution in [3.63, 3.8) is 0 Å². The predicted molar refractivity (Wildman–Crippen MR) is 94.5 cm³/mol. The van der Waals surface area contributed by atoms with Crippen molar-refractivity contribution < 1.29 is 24.3 Å². The Morgan fingerprint density at radius 1 is 1.36 bits per heavy atom. The largest absolute Gasteiger partial charge is 0.480 e. The number of aryl methyl sites for hydroxylation is 2. The van der Waals surface area contributed by atoms with E-state index in [1.54, 1.807) is 6.07 Å². The van der Waals surface area contributed by atoms with Gasteiger partial charge in [0.15, 0.2) is 0 Å². The molecule has 1 aromatic rings. The van der Waals surface area contributed by atoms with Gasteiger partial charge >= 0.3 is 5.97 Å². The Labute approximate surface area is 149 Å². The lowest BCUT2D eigenvalue weighted by Crippen LogP contribution is -2.42. The van der Waals surface area contributed by atoms with Gasteiger partial charge < -0.3 is 10.4 Å². The van der Waals surface area contributed by atoms with Gasteiger partial charge in [0.2, 0.25) is 17.7 Å². The van der Waals surface area contributed by atoms with Gasteiger partial charge in [-0.15, -0.1) is 11.8 Å². The van der Waals surface area contributed by atoms with Crippen LogP contribution in [-0.2, 0) is 19.2 Å². The standard InChI is InChI=1S/C17H20N2O5S/c1-9-4-5-13(10(2)6-9)19-15(21)7-14(16(19)22)25-8-12(17(23)24)18-11(3)20/h4-6,12,14H,7-8H2,1-3H3,(H,18,20)(H,23,24)/t12-,14-/m1/s1. The van der Waals surface area contributed by atoms with Crippen LogP contribution >= 0.6 is 11.8 Å². The first-order valence-corrected chi connectivity index (χ1v) is 8.81. The Hall–Kier alpha value is -2.35. The molecule has 134 valence electrons. The number of thioether (sulfide) groups is 1. The van der Waals surface area contributed by atoms with Crippen LogP contribution in [0.4, 0.5) is 5.69 Å². The fourth-order valence-electron chi connectivity index (χ4n) is 2.68. The number of aliphatic carboxylic acids is 1. The van der Waals surface area contributed by atoms with Crippen LogP contribution in [0.3, 0.4) is 0 Å². The van der Waals surface area contributed by atoms with Crippen LogP contribution in [0.2, 0.25) is 0 Å². The summed E-state index contributed by atoms with van der Waals surface area (Å²) in [6, 6.07) is 4.37. The fraction of sp³-hybridized carbons (Fsp3) is 0.412. The van der Waals surface area contributed by atoms with Crippen LogP contribution in [0.25, 0.3) is 0 Å². The summed E-state index contributed by atoms with van der Waals surface area (Å²) in [6.45, 7) is 4.99. The van der Waals surface area contributed by atoms with E-state index in [2.05, 4.69) is 5.32 Å². The van der Waals surface area contributed by atoms with Gasteiger partial charge in [-0.05, 0) is 25.5 Å². The van der Waals surface area contributed by atoms with Gasteiger partial charge in [-0.1, -0.05) is 17.7 Å². The summed E-state index contributed by atoms with van der Waals surface area (Å²) < 4.78 is 0. The van der Waals surface area contributed by atoms with Crippen LogP contribution in [0.15, 0.2) is 18.2 Å². The molecule has 0 radical (unpaired) electrons. The molecule has 1 aliphatic heterocycles. The number of rotatable bonds is 6. The topological polar surface area (TPSA) is 104 Å². The van der Waals surface area contributed by atoms with Gasteiger partial charge in [0.1, 0.15) is 6.04 Å². The van der Waals surface area contributed by atoms with E-state index in [1.807, 2.05) is 26.0 Å². The number of hydrogen-bond donors (Lipinski definition) is 2. The molecule has 8 heteroatoms. The van der Waals surface area contributed by atoms with Gasteiger partial charge in [0.25, 0.3) is 0 Å². The fourth-order valence-corrected chi connectivity index (χ4v) is 3.84. The summed E-state index contributed by atoms with van der Waals surface area (Å²) in [4.78, 5) is 48.3. The Morgan fingerprint density at radius 2 is 2.04 bits per heavy atom. The molecule has 2 N–H and O–H groups in total. The highest BCUT2D eigenvalue weighted by Gasteiger charge is 2.41. The Balaban J connectivity index is 2.10. The summed E-state index contributed by atoms with van der Waals surface area (Å²) in [6.07, 6.45) is 0.0171. The number of benzene rings is 1. The molecular formula is C17H20N2O5S. The Kier molecular flexibility index (Phi) is 5.84. The first-order chi connectivity index (χ1) is 11.7. The summed E-state index contributed by atoms with van der Waals surface area (Å²) in [5.41, 5.74) is 2.42. The molecule has 0 unspecified atom stereocenters. The van der Waals surface area contributed by atoms with E-state index in [1.165, 1.54) is 11.8 Å². The molecule has 7 nitrogen and oxygen atoms in total. The van der Waals surface area contributed by atoms with E-state index >= 15 is 0 Å². The first kappa shape index (κ1) is 19.0. The first-order valence-electron chi connectivity index (χ1n) is 7.76. The predicted octanol–water partition coefficient (Wildman–Crippen LogP) is 1.26. The van der Waals surface area contributed by atoms with Gasteiger partial charge in [0.05, 0.1) is 10.9 Å². The minimum Gasteiger partial charge on any atom is -0.480 e. The van der Waals surface area contributed by atoms with E-state index < -0.39 is 23.2 Å². The zero-order valence-corrected chi connectivity index (χ0v) is 15.1. The van der Waals surface area contributed by atoms with E-state index in [4.69, 9.17) is 5.11 Å². The summed E-state index contributed by atoms with van der Waals surface area (Å²) >= 11 is 1.07. The normalized spacial score (nSPS) is 18.4. The summed E-state index contributed by atoms with van der Waals surface area (Å²) in [5, 5.41) is 10.8. The van der Waals surface area contributed by atoms with E-state index in [0.717, 1.165) is 22.9 Å². The van der Waals surface area contributed by atoms with Crippen LogP contribution in [0.1, 0.15) is 24.5 Å². The molecule has 2 atom stereocenters. The molecular weight excluding hydrogens is 344 g/mol. The van der Waals surface area contributed by atoms with Gasteiger partial charge in [0, 0.05) is 19.1 Å². The number of hydrogen-bond acceptors (Lipinski definition) is 5. The highest BCUT2D eigenvalue weighted by Crippen LogP contribution is 2.32. The number of nitrogens with one attached hydrogen (secondary N) is 1. The summed E-state index contributed by atoms with van der Waals surface area (Å²) in [7, 11) is 0. The zero-order valence-electron chi connectivity index (χ0n) is 14.2. The molecule has 0 aromatic heterocycles. The maximum absolute atomic E-state index is 12.6. The minimum absolute atomic E-state index is 0.0132. The van der Waals surface area contributed by atoms with Crippen LogP contribution in [-0.4, -0.2) is 45.8 Å². The molecule has 0 saturated carbocycles. The lowest BCUT2D eigenvalue weighted by molar-refractivity contribution is -0.140. The SMILES string of the molecule is CC(=O)N[C@H](CS[C@@H]1CC(=O)N(c2ccc(C)cc2C)C1=O)C(=O)O. The van der Waals surface area contributed by atoms with Crippen molar-refractivity contribution >= 4 is 41.1 Å². The molecule has 0 spiro atoms. The van der Waals surface area contributed by atoms with Crippen molar-refractivity contribution in [3.8, 4) is 0 Å². The molecule has 2 rings (SSSR count). The molecule has 3 amide bonds. The molecule has 1 heterocycles. The van der Waals surface area contributed by atoms with E-state index in [0.29, 0.717) is 5.69 Å². The quantitative estimate of drug-likeness (QED) is 0.737. The van der Waals surface area contributed by atoms with Crippen molar-refractivity contribution in [1.29, 1.82) is 0 Å². The van der Waals surface area contributed by atoms with E-state index in [9.17, 15) is 19.2 Å². The van der Waals surface area contributed by atoms with Gasteiger partial charge in [-0.3, -0.25) is 14.4 Å². The third kappa shape index (κ3) is 4.39. The maximum Gasteiger partial charge on any atom is 0.327 e. The number of imide groups is 1. The molecule has 1 aromatic carbocycles. The van der Waals surface area contributed by atoms with Crippen LogP contribution < -0.4 is 10.2 Å². The molecule has 1 saturated heterocycles. The van der Waals surface area contributed by atoms with Crippen molar-refractivity contribution in [2.24, 2.45) is 0 Å². The third-order valence-corrected chi connectivity index (χ3v) is 5.13. The number of carbonyl (C=O) groups is 4. The molecule has 1 aliphatic rings. The highest BCUT2D eigenvalue weighted by atomic mass is 32.2. The lowest BCUT2D eigenvalue weighted by atomic mass is 10.1. The second-order valence-corrected chi connectivity index (χ2v) is 7.21. The smallest absolute Gasteiger partial charge is 0.327 e. The maximum atomic E-state index is 12.6. The Morgan fingerprint density at radius 3 is 2.60 bits per heavy atom. The molecule has 1 fully saturated rings. The monoisotopic (exact) mass is 364 g/mol. The highest BCUT2D eigenvalue weighted by molar-refractivity contribution is 8.00.